The van der Waals surface area contributed by atoms with Gasteiger partial charge < -0.3 is 0 Å². The Kier molecular flexibility index (Phi) is 5.10. The first-order valence-electron chi connectivity index (χ1n) is 13.3. The zero-order valence-corrected chi connectivity index (χ0v) is 21.5. The van der Waals surface area contributed by atoms with Crippen LogP contribution in [-0.2, 0) is 0 Å². The molecule has 0 saturated heterocycles. The van der Waals surface area contributed by atoms with Gasteiger partial charge in [0.15, 0.2) is 0 Å². The van der Waals surface area contributed by atoms with E-state index in [1.165, 1.54) is 21.5 Å². The summed E-state index contributed by atoms with van der Waals surface area (Å²) in [6.45, 7) is 0. The first-order valence-corrected chi connectivity index (χ1v) is 13.3. The third kappa shape index (κ3) is 3.69. The highest BCUT2D eigenvalue weighted by Crippen LogP contribution is 2.36. The van der Waals surface area contributed by atoms with Crippen molar-refractivity contribution in [3.8, 4) is 33.8 Å². The van der Waals surface area contributed by atoms with Gasteiger partial charge in [0, 0.05) is 39.9 Å². The molecule has 5 aromatic carbocycles. The Morgan fingerprint density at radius 3 is 1.85 bits per heavy atom. The van der Waals surface area contributed by atoms with Crippen LogP contribution in [0.2, 0.25) is 0 Å². The molecule has 0 N–H and O–H groups in total. The highest BCUT2D eigenvalue weighted by atomic mass is 14.8. The van der Waals surface area contributed by atoms with Gasteiger partial charge in [-0.25, -0.2) is 9.97 Å². The van der Waals surface area contributed by atoms with E-state index in [4.69, 9.17) is 9.97 Å². The lowest BCUT2D eigenvalue weighted by Gasteiger charge is -2.12. The minimum Gasteiger partial charge on any atom is -0.261 e. The van der Waals surface area contributed by atoms with Crippen molar-refractivity contribution in [2.75, 3.05) is 0 Å². The monoisotopic (exact) mass is 510 g/mol. The number of fused-ring (bicyclic) bond motifs is 6. The number of benzene rings is 5. The van der Waals surface area contributed by atoms with E-state index in [0.29, 0.717) is 0 Å². The molecule has 0 aliphatic heterocycles. The topological polar surface area (TPSA) is 51.6 Å². The zero-order valence-electron chi connectivity index (χ0n) is 21.5. The second kappa shape index (κ2) is 9.07. The molecule has 4 nitrogen and oxygen atoms in total. The van der Waals surface area contributed by atoms with Crippen LogP contribution in [0.1, 0.15) is 0 Å². The summed E-state index contributed by atoms with van der Waals surface area (Å²) in [6, 6.07) is 40.4. The summed E-state index contributed by atoms with van der Waals surface area (Å²) in [6.07, 6.45) is 5.18. The zero-order chi connectivity index (χ0) is 26.5. The van der Waals surface area contributed by atoms with Crippen molar-refractivity contribution in [1.29, 1.82) is 0 Å². The lowest BCUT2D eigenvalue weighted by Crippen LogP contribution is -1.92. The summed E-state index contributed by atoms with van der Waals surface area (Å²) < 4.78 is 0. The Labute approximate surface area is 230 Å². The van der Waals surface area contributed by atoms with E-state index in [2.05, 4.69) is 113 Å². The Morgan fingerprint density at radius 2 is 1.07 bits per heavy atom. The Balaban J connectivity index is 1.33. The largest absolute Gasteiger partial charge is 0.261 e. The molecule has 0 atom stereocenters. The van der Waals surface area contributed by atoms with Gasteiger partial charge in [-0.1, -0.05) is 91.0 Å². The Morgan fingerprint density at radius 1 is 0.425 bits per heavy atom. The fraction of sp³-hybridized carbons (Fsp3) is 0. The van der Waals surface area contributed by atoms with Crippen molar-refractivity contribution >= 4 is 43.4 Å². The lowest BCUT2D eigenvalue weighted by molar-refractivity contribution is 1.21. The Bertz CT molecular complexity index is 2220. The van der Waals surface area contributed by atoms with Gasteiger partial charge in [-0.15, -0.1) is 0 Å². The van der Waals surface area contributed by atoms with E-state index >= 15 is 0 Å². The standard InChI is InChI=1S/C36H22N4/c1-2-9-28-25(6-1)21-31(30-11-4-3-10-29(28)30)33-17-15-24-13-12-23-14-16-32(39-35(23)36(24)40-33)26-7-5-8-27(20-26)34-22-37-18-19-38-34/h1-22H. The molecule has 0 aliphatic rings. The SMILES string of the molecule is c1cc(-c2cnccn2)cc(-c2ccc3ccc4ccc(-c5cc6ccccc6c6ccccc56)nc4c3n2)c1. The molecule has 0 radical (unpaired) electrons. The van der Waals surface area contributed by atoms with Crippen molar-refractivity contribution in [3.63, 3.8) is 0 Å². The number of aromatic nitrogens is 4. The smallest absolute Gasteiger partial charge is 0.0972 e. The van der Waals surface area contributed by atoms with E-state index in [-0.39, 0.29) is 0 Å². The van der Waals surface area contributed by atoms with Crippen LogP contribution in [0, 0.1) is 0 Å². The van der Waals surface area contributed by atoms with Crippen LogP contribution in [0.25, 0.3) is 77.1 Å². The maximum absolute atomic E-state index is 5.25. The molecule has 3 aromatic heterocycles. The summed E-state index contributed by atoms with van der Waals surface area (Å²) in [5, 5.41) is 7.03. The van der Waals surface area contributed by atoms with Gasteiger partial charge >= 0.3 is 0 Å². The third-order valence-electron chi connectivity index (χ3n) is 7.58. The summed E-state index contributed by atoms with van der Waals surface area (Å²) in [4.78, 5) is 19.1. The first-order chi connectivity index (χ1) is 19.8. The van der Waals surface area contributed by atoms with E-state index in [0.717, 1.165) is 55.6 Å². The number of hydrogen-bond donors (Lipinski definition) is 0. The molecule has 8 aromatic rings. The van der Waals surface area contributed by atoms with Crippen LogP contribution >= 0.6 is 0 Å². The van der Waals surface area contributed by atoms with Gasteiger partial charge in [0.05, 0.1) is 34.3 Å². The summed E-state index contributed by atoms with van der Waals surface area (Å²) in [5.41, 5.74) is 7.64. The minimum atomic E-state index is 0.838. The number of nitrogens with zero attached hydrogens (tertiary/aromatic N) is 4. The van der Waals surface area contributed by atoms with E-state index in [9.17, 15) is 0 Å². The van der Waals surface area contributed by atoms with Crippen LogP contribution in [-0.4, -0.2) is 19.9 Å². The number of pyridine rings is 2. The molecular weight excluding hydrogens is 488 g/mol. The lowest BCUT2D eigenvalue weighted by atomic mass is 9.95. The molecule has 0 aliphatic carbocycles. The van der Waals surface area contributed by atoms with Gasteiger partial charge in [0.25, 0.3) is 0 Å². The molecule has 0 bridgehead atoms. The van der Waals surface area contributed by atoms with Crippen LogP contribution in [0.4, 0.5) is 0 Å². The second-order valence-electron chi connectivity index (χ2n) is 9.96. The molecule has 0 fully saturated rings. The maximum atomic E-state index is 5.25. The van der Waals surface area contributed by atoms with Gasteiger partial charge in [-0.2, -0.15) is 0 Å². The fourth-order valence-corrected chi connectivity index (χ4v) is 5.63. The molecule has 40 heavy (non-hydrogen) atoms. The highest BCUT2D eigenvalue weighted by molar-refractivity contribution is 6.14. The first kappa shape index (κ1) is 22.5. The molecule has 0 unspecified atom stereocenters. The van der Waals surface area contributed by atoms with E-state index in [1.54, 1.807) is 18.6 Å². The van der Waals surface area contributed by atoms with Gasteiger partial charge in [-0.05, 0) is 45.8 Å². The quantitative estimate of drug-likeness (QED) is 0.223. The van der Waals surface area contributed by atoms with E-state index < -0.39 is 0 Å². The van der Waals surface area contributed by atoms with Gasteiger partial charge in [-0.3, -0.25) is 9.97 Å². The average molecular weight is 511 g/mol. The third-order valence-corrected chi connectivity index (χ3v) is 7.58. The fourth-order valence-electron chi connectivity index (χ4n) is 5.63. The van der Waals surface area contributed by atoms with Crippen molar-refractivity contribution < 1.29 is 0 Å². The predicted octanol–water partition coefficient (Wildman–Crippen LogP) is 8.88. The normalized spacial score (nSPS) is 11.5. The Hall–Kier alpha value is -5.48. The second-order valence-corrected chi connectivity index (χ2v) is 9.96. The highest BCUT2D eigenvalue weighted by Gasteiger charge is 2.13. The van der Waals surface area contributed by atoms with Crippen LogP contribution in [0.5, 0.6) is 0 Å². The summed E-state index contributed by atoms with van der Waals surface area (Å²) in [5.74, 6) is 0. The maximum Gasteiger partial charge on any atom is 0.0972 e. The van der Waals surface area contributed by atoms with Crippen LogP contribution in [0.15, 0.2) is 134 Å². The molecular formula is C36H22N4. The molecule has 8 rings (SSSR count). The van der Waals surface area contributed by atoms with E-state index in [1.807, 2.05) is 12.1 Å². The minimum absolute atomic E-state index is 0.838. The van der Waals surface area contributed by atoms with Gasteiger partial charge in [0.2, 0.25) is 0 Å². The van der Waals surface area contributed by atoms with Crippen molar-refractivity contribution in [2.45, 2.75) is 0 Å². The molecule has 0 saturated carbocycles. The number of rotatable bonds is 3. The van der Waals surface area contributed by atoms with Crippen LogP contribution < -0.4 is 0 Å². The van der Waals surface area contributed by atoms with Crippen LogP contribution in [0.3, 0.4) is 0 Å². The average Bonchev–Trinajstić information content (AvgIpc) is 3.04. The summed E-state index contributed by atoms with van der Waals surface area (Å²) >= 11 is 0. The predicted molar refractivity (Wildman–Crippen MR) is 164 cm³/mol. The molecule has 186 valence electrons. The molecule has 0 spiro atoms. The molecule has 3 heterocycles. The summed E-state index contributed by atoms with van der Waals surface area (Å²) in [7, 11) is 0. The van der Waals surface area contributed by atoms with Crippen molar-refractivity contribution in [1.82, 2.24) is 19.9 Å². The van der Waals surface area contributed by atoms with Crippen molar-refractivity contribution in [2.24, 2.45) is 0 Å². The van der Waals surface area contributed by atoms with Gasteiger partial charge in [0.1, 0.15) is 0 Å². The number of hydrogen-bond acceptors (Lipinski definition) is 4. The molecule has 4 heteroatoms. The van der Waals surface area contributed by atoms with Crippen molar-refractivity contribution in [3.05, 3.63) is 134 Å². The molecule has 0 amide bonds.